The zero-order chi connectivity index (χ0) is 20.9. The SMILES string of the molecule is CN(C(=O)c1cc2ccc(C3CCC3)c(C(N)=O)c2[nH]c1=O)[C@@H]1C=CS(=O)(=O)C1. The maximum Gasteiger partial charge on any atom is 0.261 e. The number of carbonyl (C=O) groups is 2. The molecule has 152 valence electrons. The number of carbonyl (C=O) groups excluding carboxylic acids is 2. The largest absolute Gasteiger partial charge is 0.366 e. The van der Waals surface area contributed by atoms with E-state index >= 15 is 0 Å². The highest BCUT2D eigenvalue weighted by molar-refractivity contribution is 7.94. The summed E-state index contributed by atoms with van der Waals surface area (Å²) in [7, 11) is -1.88. The molecule has 4 rings (SSSR count). The van der Waals surface area contributed by atoms with Crippen LogP contribution in [-0.4, -0.2) is 49.0 Å². The number of nitrogens with zero attached hydrogens (tertiary/aromatic N) is 1. The van der Waals surface area contributed by atoms with Gasteiger partial charge in [0, 0.05) is 12.5 Å². The number of H-pyrrole nitrogens is 1. The Kier molecular flexibility index (Phi) is 4.57. The van der Waals surface area contributed by atoms with Gasteiger partial charge in [0.1, 0.15) is 5.56 Å². The first-order chi connectivity index (χ1) is 13.7. The van der Waals surface area contributed by atoms with Crippen molar-refractivity contribution in [2.45, 2.75) is 31.2 Å². The minimum Gasteiger partial charge on any atom is -0.366 e. The molecule has 1 atom stereocenters. The molecule has 9 heteroatoms. The van der Waals surface area contributed by atoms with Gasteiger partial charge in [-0.2, -0.15) is 0 Å². The molecule has 2 heterocycles. The number of aromatic nitrogens is 1. The average Bonchev–Trinajstić information content (AvgIpc) is 2.98. The summed E-state index contributed by atoms with van der Waals surface area (Å²) in [5.41, 5.74) is 6.28. The van der Waals surface area contributed by atoms with Crippen molar-refractivity contribution in [3.8, 4) is 0 Å². The van der Waals surface area contributed by atoms with Gasteiger partial charge in [0.25, 0.3) is 17.4 Å². The second kappa shape index (κ2) is 6.84. The highest BCUT2D eigenvalue weighted by Gasteiger charge is 2.30. The van der Waals surface area contributed by atoms with Crippen molar-refractivity contribution in [2.24, 2.45) is 5.73 Å². The number of hydrogen-bond donors (Lipinski definition) is 2. The van der Waals surface area contributed by atoms with Gasteiger partial charge in [-0.25, -0.2) is 8.42 Å². The molecule has 8 nitrogen and oxygen atoms in total. The predicted molar refractivity (Wildman–Crippen MR) is 108 cm³/mol. The summed E-state index contributed by atoms with van der Waals surface area (Å²) < 4.78 is 23.3. The third-order valence-electron chi connectivity index (χ3n) is 5.80. The van der Waals surface area contributed by atoms with E-state index in [-0.39, 0.29) is 17.2 Å². The number of hydrogen-bond acceptors (Lipinski definition) is 5. The zero-order valence-electron chi connectivity index (χ0n) is 15.8. The molecule has 0 bridgehead atoms. The van der Waals surface area contributed by atoms with Gasteiger partial charge in [0.15, 0.2) is 9.84 Å². The van der Waals surface area contributed by atoms with Crippen LogP contribution in [0.25, 0.3) is 10.9 Å². The van der Waals surface area contributed by atoms with Crippen LogP contribution < -0.4 is 11.3 Å². The predicted octanol–water partition coefficient (Wildman–Crippen LogP) is 1.28. The first kappa shape index (κ1) is 19.4. The molecule has 29 heavy (non-hydrogen) atoms. The van der Waals surface area contributed by atoms with E-state index in [9.17, 15) is 22.8 Å². The molecular weight excluding hydrogens is 394 g/mol. The third kappa shape index (κ3) is 3.35. The molecule has 1 fully saturated rings. The number of amides is 2. The summed E-state index contributed by atoms with van der Waals surface area (Å²) in [6.45, 7) is 0. The van der Waals surface area contributed by atoms with Crippen LogP contribution in [0.3, 0.4) is 0 Å². The van der Waals surface area contributed by atoms with Crippen molar-refractivity contribution >= 4 is 32.6 Å². The van der Waals surface area contributed by atoms with E-state index in [0.717, 1.165) is 30.2 Å². The number of sulfone groups is 1. The van der Waals surface area contributed by atoms with Crippen LogP contribution in [0.5, 0.6) is 0 Å². The van der Waals surface area contributed by atoms with Crippen LogP contribution >= 0.6 is 0 Å². The van der Waals surface area contributed by atoms with E-state index in [1.807, 2.05) is 6.07 Å². The normalized spacial score (nSPS) is 20.5. The molecule has 2 aliphatic rings. The maximum absolute atomic E-state index is 12.8. The van der Waals surface area contributed by atoms with Gasteiger partial charge in [0.2, 0.25) is 0 Å². The van der Waals surface area contributed by atoms with Crippen LogP contribution in [-0.2, 0) is 9.84 Å². The summed E-state index contributed by atoms with van der Waals surface area (Å²) in [5.74, 6) is -1.18. The summed E-state index contributed by atoms with van der Waals surface area (Å²) in [5, 5.41) is 1.60. The maximum atomic E-state index is 12.8. The van der Waals surface area contributed by atoms with Crippen LogP contribution in [0.4, 0.5) is 0 Å². The number of primary amides is 1. The number of likely N-dealkylation sites (N-methyl/N-ethyl adjacent to an activating group) is 1. The van der Waals surface area contributed by atoms with E-state index in [2.05, 4.69) is 4.98 Å². The monoisotopic (exact) mass is 415 g/mol. The zero-order valence-corrected chi connectivity index (χ0v) is 16.7. The Hall–Kier alpha value is -2.94. The molecular formula is C20H21N3O5S. The molecule has 3 N–H and O–H groups in total. The number of fused-ring (bicyclic) bond motifs is 1. The highest BCUT2D eigenvalue weighted by Crippen LogP contribution is 2.39. The van der Waals surface area contributed by atoms with Crippen molar-refractivity contribution in [2.75, 3.05) is 12.8 Å². The molecule has 1 aromatic carbocycles. The van der Waals surface area contributed by atoms with Gasteiger partial charge in [-0.05, 0) is 41.9 Å². The van der Waals surface area contributed by atoms with E-state index in [4.69, 9.17) is 5.73 Å². The van der Waals surface area contributed by atoms with E-state index < -0.39 is 33.3 Å². The lowest BCUT2D eigenvalue weighted by atomic mass is 9.77. The number of benzene rings is 1. The molecule has 0 spiro atoms. The van der Waals surface area contributed by atoms with Gasteiger partial charge >= 0.3 is 0 Å². The Morgan fingerprint density at radius 2 is 1.97 bits per heavy atom. The Morgan fingerprint density at radius 1 is 1.24 bits per heavy atom. The fraction of sp³-hybridized carbons (Fsp3) is 0.350. The summed E-state index contributed by atoms with van der Waals surface area (Å²) in [6.07, 6.45) is 4.45. The van der Waals surface area contributed by atoms with Crippen molar-refractivity contribution < 1.29 is 18.0 Å². The van der Waals surface area contributed by atoms with Crippen LogP contribution in [0.15, 0.2) is 34.5 Å². The van der Waals surface area contributed by atoms with Gasteiger partial charge in [0.05, 0.1) is 22.9 Å². The van der Waals surface area contributed by atoms with Gasteiger partial charge in [-0.15, -0.1) is 0 Å². The Morgan fingerprint density at radius 3 is 2.52 bits per heavy atom. The summed E-state index contributed by atoms with van der Waals surface area (Å²) >= 11 is 0. The van der Waals surface area contributed by atoms with E-state index in [0.29, 0.717) is 16.5 Å². The minimum absolute atomic E-state index is 0.121. The first-order valence-corrected chi connectivity index (χ1v) is 11.1. The lowest BCUT2D eigenvalue weighted by Crippen LogP contribution is -2.40. The Labute approximate surface area is 167 Å². The molecule has 2 aromatic rings. The fourth-order valence-corrected chi connectivity index (χ4v) is 5.26. The van der Waals surface area contributed by atoms with Gasteiger partial charge in [-0.1, -0.05) is 18.6 Å². The van der Waals surface area contributed by atoms with Crippen LogP contribution in [0.1, 0.15) is 51.5 Å². The summed E-state index contributed by atoms with van der Waals surface area (Å²) in [4.78, 5) is 41.5. The Balaban J connectivity index is 1.76. The average molecular weight is 415 g/mol. The molecule has 1 aliphatic carbocycles. The number of aromatic amines is 1. The number of pyridine rings is 1. The molecule has 1 saturated carbocycles. The van der Waals surface area contributed by atoms with Gasteiger partial charge < -0.3 is 15.6 Å². The van der Waals surface area contributed by atoms with E-state index in [1.165, 1.54) is 24.1 Å². The molecule has 1 aliphatic heterocycles. The number of nitrogens with one attached hydrogen (secondary N) is 1. The lowest BCUT2D eigenvalue weighted by molar-refractivity contribution is 0.0770. The lowest BCUT2D eigenvalue weighted by Gasteiger charge is -2.28. The second-order valence-corrected chi connectivity index (χ2v) is 9.57. The highest BCUT2D eigenvalue weighted by atomic mass is 32.2. The third-order valence-corrected chi connectivity index (χ3v) is 7.18. The summed E-state index contributed by atoms with van der Waals surface area (Å²) in [6, 6.07) is 4.39. The number of nitrogens with two attached hydrogens (primary N) is 1. The minimum atomic E-state index is -3.34. The fourth-order valence-electron chi connectivity index (χ4n) is 3.92. The van der Waals surface area contributed by atoms with Crippen molar-refractivity contribution in [1.29, 1.82) is 0 Å². The van der Waals surface area contributed by atoms with Crippen molar-refractivity contribution in [3.05, 3.63) is 56.7 Å². The van der Waals surface area contributed by atoms with Crippen molar-refractivity contribution in [1.82, 2.24) is 9.88 Å². The Bertz CT molecular complexity index is 1220. The molecule has 1 aromatic heterocycles. The topological polar surface area (TPSA) is 130 Å². The molecule has 0 unspecified atom stereocenters. The number of rotatable bonds is 4. The smallest absolute Gasteiger partial charge is 0.261 e. The molecule has 0 saturated heterocycles. The van der Waals surface area contributed by atoms with Crippen LogP contribution in [0.2, 0.25) is 0 Å². The standard InChI is InChI=1S/C20H21N3O5S/c1-23(13-7-8-29(27,28)10-13)20(26)15-9-12-5-6-14(11-3-2-4-11)16(18(21)24)17(12)22-19(15)25/h5-9,11,13H,2-4,10H2,1H3,(H2,21,24)(H,22,25)/t13-/m1/s1. The van der Waals surface area contributed by atoms with Crippen LogP contribution in [0, 0.1) is 0 Å². The second-order valence-electron chi connectivity index (χ2n) is 7.64. The van der Waals surface area contributed by atoms with E-state index in [1.54, 1.807) is 6.07 Å². The molecule has 0 radical (unpaired) electrons. The van der Waals surface area contributed by atoms with Gasteiger partial charge in [-0.3, -0.25) is 14.4 Å². The quantitative estimate of drug-likeness (QED) is 0.777. The molecule has 2 amide bonds. The first-order valence-electron chi connectivity index (χ1n) is 9.36. The van der Waals surface area contributed by atoms with Crippen molar-refractivity contribution in [3.63, 3.8) is 0 Å².